The fourth-order valence-corrected chi connectivity index (χ4v) is 3.82. The summed E-state index contributed by atoms with van der Waals surface area (Å²) in [6, 6.07) is 15.4. The molecule has 1 N–H and O–H groups in total. The summed E-state index contributed by atoms with van der Waals surface area (Å²) in [6.07, 6.45) is 2.65. The third-order valence-corrected chi connectivity index (χ3v) is 4.99. The van der Waals surface area contributed by atoms with Gasteiger partial charge in [-0.2, -0.15) is 0 Å². The highest BCUT2D eigenvalue weighted by Crippen LogP contribution is 2.39. The molecule has 1 fully saturated rings. The molecule has 2 aromatic rings. The van der Waals surface area contributed by atoms with Gasteiger partial charge in [-0.15, -0.1) is 0 Å². The van der Waals surface area contributed by atoms with Gasteiger partial charge in [0.1, 0.15) is 6.04 Å². The second-order valence-corrected chi connectivity index (χ2v) is 6.51. The highest BCUT2D eigenvalue weighted by atomic mass is 16.7. The van der Waals surface area contributed by atoms with Crippen molar-refractivity contribution in [3.05, 3.63) is 59.7 Å². The second kappa shape index (κ2) is 6.76. The number of carboxylic acids is 1. The van der Waals surface area contributed by atoms with Crippen molar-refractivity contribution in [2.45, 2.75) is 31.3 Å². The predicted octanol–water partition coefficient (Wildman–Crippen LogP) is 3.44. The van der Waals surface area contributed by atoms with Gasteiger partial charge in [0, 0.05) is 0 Å². The Labute approximate surface area is 146 Å². The number of benzene rings is 2. The van der Waals surface area contributed by atoms with Crippen LogP contribution in [0.2, 0.25) is 0 Å². The monoisotopic (exact) mass is 339 g/mol. The van der Waals surface area contributed by atoms with Crippen molar-refractivity contribution in [2.75, 3.05) is 13.3 Å². The van der Waals surface area contributed by atoms with Crippen LogP contribution in [0.3, 0.4) is 0 Å². The van der Waals surface area contributed by atoms with Crippen molar-refractivity contribution in [1.82, 2.24) is 4.90 Å². The van der Waals surface area contributed by atoms with Crippen LogP contribution in [0.1, 0.15) is 36.4 Å². The van der Waals surface area contributed by atoms with Gasteiger partial charge in [0.25, 0.3) is 0 Å². The lowest BCUT2D eigenvalue weighted by Gasteiger charge is -2.39. The molecule has 5 nitrogen and oxygen atoms in total. The quantitative estimate of drug-likeness (QED) is 0.925. The van der Waals surface area contributed by atoms with Gasteiger partial charge in [-0.1, -0.05) is 42.8 Å². The van der Waals surface area contributed by atoms with Gasteiger partial charge in [-0.3, -0.25) is 9.69 Å². The predicted molar refractivity (Wildman–Crippen MR) is 92.8 cm³/mol. The van der Waals surface area contributed by atoms with E-state index in [-0.39, 0.29) is 12.8 Å². The normalized spacial score (nSPS) is 21.0. The Morgan fingerprint density at radius 2 is 1.84 bits per heavy atom. The minimum atomic E-state index is -0.749. The van der Waals surface area contributed by atoms with Crippen LogP contribution in [0.15, 0.2) is 48.5 Å². The van der Waals surface area contributed by atoms with E-state index in [0.717, 1.165) is 42.0 Å². The van der Waals surface area contributed by atoms with Gasteiger partial charge >= 0.3 is 5.97 Å². The van der Waals surface area contributed by atoms with Crippen molar-refractivity contribution in [1.29, 1.82) is 0 Å². The Balaban J connectivity index is 1.78. The number of carboxylic acid groups (broad SMARTS) is 1. The van der Waals surface area contributed by atoms with Crippen LogP contribution in [0, 0.1) is 0 Å². The molecule has 0 spiro atoms. The molecule has 2 heterocycles. The third kappa shape index (κ3) is 3.07. The van der Waals surface area contributed by atoms with E-state index in [1.165, 1.54) is 0 Å². The zero-order valence-corrected chi connectivity index (χ0v) is 13.9. The first-order chi connectivity index (χ1) is 12.2. The summed E-state index contributed by atoms with van der Waals surface area (Å²) in [4.78, 5) is 13.9. The number of rotatable bonds is 4. The molecule has 2 atom stereocenters. The van der Waals surface area contributed by atoms with Gasteiger partial charge in [0.15, 0.2) is 11.5 Å². The summed E-state index contributed by atoms with van der Waals surface area (Å²) in [5.41, 5.74) is 2.12. The molecule has 2 aliphatic rings. The summed E-state index contributed by atoms with van der Waals surface area (Å²) >= 11 is 0. The minimum absolute atomic E-state index is 0.114. The van der Waals surface area contributed by atoms with Crippen LogP contribution >= 0.6 is 0 Å². The Morgan fingerprint density at radius 3 is 2.64 bits per heavy atom. The third-order valence-electron chi connectivity index (χ3n) is 4.99. The van der Waals surface area contributed by atoms with Gasteiger partial charge in [-0.25, -0.2) is 0 Å². The fraction of sp³-hybridized carbons (Fsp3) is 0.350. The Hall–Kier alpha value is -2.53. The average molecular weight is 339 g/mol. The molecule has 0 radical (unpaired) electrons. The van der Waals surface area contributed by atoms with Crippen molar-refractivity contribution in [3.8, 4) is 11.5 Å². The first-order valence-corrected chi connectivity index (χ1v) is 8.67. The molecule has 0 aliphatic carbocycles. The SMILES string of the molecule is O=C(O)C1CCCCN1C(c1ccccc1)c1ccc2c(c1)OCO2. The van der Waals surface area contributed by atoms with Crippen LogP contribution < -0.4 is 9.47 Å². The molecule has 0 aromatic heterocycles. The van der Waals surface area contributed by atoms with Crippen molar-refractivity contribution >= 4 is 5.97 Å². The number of hydrogen-bond acceptors (Lipinski definition) is 4. The van der Waals surface area contributed by atoms with Crippen molar-refractivity contribution in [2.24, 2.45) is 0 Å². The average Bonchev–Trinajstić information content (AvgIpc) is 3.11. The van der Waals surface area contributed by atoms with Gasteiger partial charge in [0.2, 0.25) is 6.79 Å². The van der Waals surface area contributed by atoms with Gasteiger partial charge < -0.3 is 14.6 Å². The van der Waals surface area contributed by atoms with E-state index in [9.17, 15) is 9.90 Å². The molecule has 0 amide bonds. The maximum Gasteiger partial charge on any atom is 0.320 e. The number of ether oxygens (including phenoxy) is 2. The maximum absolute atomic E-state index is 11.8. The maximum atomic E-state index is 11.8. The van der Waals surface area contributed by atoms with Crippen LogP contribution in [0.5, 0.6) is 11.5 Å². The van der Waals surface area contributed by atoms with Crippen molar-refractivity contribution in [3.63, 3.8) is 0 Å². The summed E-state index contributed by atoms with van der Waals surface area (Å²) in [6.45, 7) is 1.00. The number of fused-ring (bicyclic) bond motifs is 1. The summed E-state index contributed by atoms with van der Waals surface area (Å²) in [5.74, 6) is 0.715. The topological polar surface area (TPSA) is 59.0 Å². The highest BCUT2D eigenvalue weighted by molar-refractivity contribution is 5.73. The largest absolute Gasteiger partial charge is 0.480 e. The molecular formula is C20H21NO4. The van der Waals surface area contributed by atoms with E-state index in [4.69, 9.17) is 9.47 Å². The molecule has 1 saturated heterocycles. The van der Waals surface area contributed by atoms with E-state index in [0.29, 0.717) is 6.42 Å². The summed E-state index contributed by atoms with van der Waals surface area (Å²) in [5, 5.41) is 9.72. The standard InChI is InChI=1S/C20H21NO4/c22-20(23)16-8-4-5-11-21(16)19(14-6-2-1-3-7-14)15-9-10-17-18(12-15)25-13-24-17/h1-3,6-7,9-10,12,16,19H,4-5,8,11,13H2,(H,22,23). The number of aliphatic carboxylic acids is 1. The second-order valence-electron chi connectivity index (χ2n) is 6.51. The van der Waals surface area contributed by atoms with Crippen LogP contribution in [0.25, 0.3) is 0 Å². The molecule has 130 valence electrons. The molecule has 5 heteroatoms. The number of piperidine rings is 1. The molecule has 0 saturated carbocycles. The van der Waals surface area contributed by atoms with Crippen LogP contribution in [-0.2, 0) is 4.79 Å². The van der Waals surface area contributed by atoms with Crippen LogP contribution in [-0.4, -0.2) is 35.4 Å². The van der Waals surface area contributed by atoms with E-state index >= 15 is 0 Å². The molecule has 4 rings (SSSR count). The Bertz CT molecular complexity index is 762. The number of likely N-dealkylation sites (tertiary alicyclic amines) is 1. The van der Waals surface area contributed by atoms with E-state index in [2.05, 4.69) is 17.0 Å². The lowest BCUT2D eigenvalue weighted by atomic mass is 9.91. The van der Waals surface area contributed by atoms with E-state index in [1.807, 2.05) is 36.4 Å². The lowest BCUT2D eigenvalue weighted by Crippen LogP contribution is -2.46. The number of carbonyl (C=O) groups is 1. The molecule has 2 unspecified atom stereocenters. The number of hydrogen-bond donors (Lipinski definition) is 1. The number of nitrogens with zero attached hydrogens (tertiary/aromatic N) is 1. The Kier molecular flexibility index (Phi) is 4.32. The molecule has 25 heavy (non-hydrogen) atoms. The first kappa shape index (κ1) is 16.0. The van der Waals surface area contributed by atoms with Crippen LogP contribution in [0.4, 0.5) is 0 Å². The van der Waals surface area contributed by atoms with Gasteiger partial charge in [-0.05, 0) is 42.6 Å². The Morgan fingerprint density at radius 1 is 1.04 bits per heavy atom. The first-order valence-electron chi connectivity index (χ1n) is 8.67. The fourth-order valence-electron chi connectivity index (χ4n) is 3.82. The smallest absolute Gasteiger partial charge is 0.320 e. The molecule has 2 aliphatic heterocycles. The lowest BCUT2D eigenvalue weighted by molar-refractivity contribution is -0.145. The van der Waals surface area contributed by atoms with E-state index < -0.39 is 12.0 Å². The summed E-state index contributed by atoms with van der Waals surface area (Å²) in [7, 11) is 0. The van der Waals surface area contributed by atoms with E-state index in [1.54, 1.807) is 0 Å². The van der Waals surface area contributed by atoms with Gasteiger partial charge in [0.05, 0.1) is 6.04 Å². The minimum Gasteiger partial charge on any atom is -0.480 e. The molecule has 2 aromatic carbocycles. The zero-order valence-electron chi connectivity index (χ0n) is 13.9. The molecule has 0 bridgehead atoms. The zero-order chi connectivity index (χ0) is 17.2. The summed E-state index contributed by atoms with van der Waals surface area (Å²) < 4.78 is 10.9. The molecular weight excluding hydrogens is 318 g/mol. The van der Waals surface area contributed by atoms with Crippen molar-refractivity contribution < 1.29 is 19.4 Å². The highest BCUT2D eigenvalue weighted by Gasteiger charge is 2.35.